The van der Waals surface area contributed by atoms with E-state index in [0.717, 1.165) is 94.4 Å². The van der Waals surface area contributed by atoms with Crippen molar-refractivity contribution in [1.82, 2.24) is 0 Å². The maximum Gasteiger partial charge on any atom is 0.210 e. The third-order valence-electron chi connectivity index (χ3n) is 17.1. The molecule has 436 valence electrons. The number of aryl methyl sites for hydroxylation is 3. The highest BCUT2D eigenvalue weighted by molar-refractivity contribution is 9.10. The summed E-state index contributed by atoms with van der Waals surface area (Å²) >= 11 is 3.63. The van der Waals surface area contributed by atoms with Crippen LogP contribution in [-0.2, 0) is 26.1 Å². The first-order valence-electron chi connectivity index (χ1n) is 29.8. The van der Waals surface area contributed by atoms with Crippen LogP contribution in [0.2, 0.25) is 0 Å². The molecular weight excluding hydrogens is 1150 g/mol. The molecule has 5 nitrogen and oxygen atoms in total. The van der Waals surface area contributed by atoms with Crippen molar-refractivity contribution in [1.29, 1.82) is 0 Å². The predicted octanol–water partition coefficient (Wildman–Crippen LogP) is 22.9. The molecule has 0 amide bonds. The second-order valence-corrected chi connectivity index (χ2v) is 28.3. The number of anilines is 9. The maximum atomic E-state index is 16.7. The van der Waals surface area contributed by atoms with Crippen LogP contribution in [0.5, 0.6) is 0 Å². The average Bonchev–Trinajstić information content (AvgIpc) is 1.82. The van der Waals surface area contributed by atoms with Gasteiger partial charge in [0.05, 0.1) is 16.3 Å². The largest absolute Gasteiger partial charge is 0.310 e. The summed E-state index contributed by atoms with van der Waals surface area (Å²) in [5.41, 5.74) is 20.7. The SMILES string of the molecule is C=C/C=C(\C=C)c1ccc(C)c(N(c2cccc(N(c3ccc4c(c3)C(C)(C)c3ccccc3-4)c3cc(C)cc(N(c4ccc(C(C)(C)C)cc4)c4ccc(C(C)(C)C)cc4)c3S(=O)(=O)c3ccc(Br)cc3)c2)c2cc(-c3ccccc3)ccc2C)c1. The number of rotatable bonds is 15. The summed E-state index contributed by atoms with van der Waals surface area (Å²) < 4.78 is 34.1. The van der Waals surface area contributed by atoms with Gasteiger partial charge in [0.2, 0.25) is 9.84 Å². The number of allylic oxidation sites excluding steroid dienone is 4. The van der Waals surface area contributed by atoms with Crippen LogP contribution < -0.4 is 14.7 Å². The first-order valence-corrected chi connectivity index (χ1v) is 32.1. The molecule has 0 radical (unpaired) electrons. The van der Waals surface area contributed by atoms with E-state index in [0.29, 0.717) is 11.4 Å². The van der Waals surface area contributed by atoms with Crippen molar-refractivity contribution >= 4 is 82.5 Å². The number of halogens is 1. The Morgan fingerprint density at radius 3 is 1.57 bits per heavy atom. The van der Waals surface area contributed by atoms with Crippen molar-refractivity contribution in [2.75, 3.05) is 14.7 Å². The van der Waals surface area contributed by atoms with E-state index in [-0.39, 0.29) is 26.0 Å². The third kappa shape index (κ3) is 11.6. The van der Waals surface area contributed by atoms with Crippen molar-refractivity contribution < 1.29 is 8.42 Å². The van der Waals surface area contributed by atoms with E-state index in [1.165, 1.54) is 22.3 Å². The van der Waals surface area contributed by atoms with Gasteiger partial charge in [-0.3, -0.25) is 0 Å². The second-order valence-electron chi connectivity index (χ2n) is 25.5. The molecule has 0 fully saturated rings. The minimum Gasteiger partial charge on any atom is -0.310 e. The normalized spacial score (nSPS) is 12.9. The van der Waals surface area contributed by atoms with Crippen LogP contribution in [0.1, 0.15) is 99.9 Å². The van der Waals surface area contributed by atoms with Crippen molar-refractivity contribution in [3.8, 4) is 22.3 Å². The van der Waals surface area contributed by atoms with Crippen LogP contribution >= 0.6 is 15.9 Å². The molecule has 87 heavy (non-hydrogen) atoms. The van der Waals surface area contributed by atoms with Crippen LogP contribution in [-0.4, -0.2) is 8.42 Å². The van der Waals surface area contributed by atoms with Gasteiger partial charge in [-0.05, 0) is 207 Å². The van der Waals surface area contributed by atoms with Crippen LogP contribution in [0.3, 0.4) is 0 Å². The van der Waals surface area contributed by atoms with Gasteiger partial charge < -0.3 is 14.7 Å². The number of hydrogen-bond donors (Lipinski definition) is 0. The molecule has 0 aromatic heterocycles. The van der Waals surface area contributed by atoms with Crippen LogP contribution in [0.25, 0.3) is 27.8 Å². The summed E-state index contributed by atoms with van der Waals surface area (Å²) in [7, 11) is -4.41. The third-order valence-corrected chi connectivity index (χ3v) is 19.5. The van der Waals surface area contributed by atoms with E-state index < -0.39 is 9.84 Å². The van der Waals surface area contributed by atoms with Gasteiger partial charge in [-0.2, -0.15) is 0 Å². The number of hydrogen-bond acceptors (Lipinski definition) is 5. The summed E-state index contributed by atoms with van der Waals surface area (Å²) in [5, 5.41) is 0. The van der Waals surface area contributed by atoms with Crippen LogP contribution in [0.4, 0.5) is 51.2 Å². The van der Waals surface area contributed by atoms with E-state index in [4.69, 9.17) is 0 Å². The lowest BCUT2D eigenvalue weighted by atomic mass is 9.82. The second kappa shape index (κ2) is 23.5. The molecule has 0 heterocycles. The van der Waals surface area contributed by atoms with E-state index >= 15 is 8.42 Å². The fraction of sp³-hybridized carbons (Fsp3) is 0.175. The van der Waals surface area contributed by atoms with Crippen molar-refractivity contribution in [3.63, 3.8) is 0 Å². The Morgan fingerprint density at radius 2 is 0.989 bits per heavy atom. The number of benzene rings is 10. The first kappa shape index (κ1) is 60.0. The van der Waals surface area contributed by atoms with E-state index in [1.54, 1.807) is 18.2 Å². The molecule has 10 aromatic carbocycles. The van der Waals surface area contributed by atoms with Gasteiger partial charge in [-0.25, -0.2) is 8.42 Å². The number of nitrogens with zero attached hydrogens (tertiary/aromatic N) is 3. The van der Waals surface area contributed by atoms with Crippen LogP contribution in [0, 0.1) is 20.8 Å². The Morgan fingerprint density at radius 1 is 0.471 bits per heavy atom. The zero-order valence-electron chi connectivity index (χ0n) is 51.9. The molecule has 11 rings (SSSR count). The van der Waals surface area contributed by atoms with E-state index in [9.17, 15) is 0 Å². The maximum absolute atomic E-state index is 16.7. The highest BCUT2D eigenvalue weighted by Crippen LogP contribution is 2.54. The number of fused-ring (bicyclic) bond motifs is 3. The predicted molar refractivity (Wildman–Crippen MR) is 373 cm³/mol. The molecular formula is C80H76BrN3O2S. The van der Waals surface area contributed by atoms with Gasteiger partial charge in [-0.15, -0.1) is 0 Å². The highest BCUT2D eigenvalue weighted by Gasteiger charge is 2.38. The molecule has 0 saturated carbocycles. The molecule has 0 unspecified atom stereocenters. The van der Waals surface area contributed by atoms with Gasteiger partial charge in [0.25, 0.3) is 0 Å². The average molecular weight is 1220 g/mol. The van der Waals surface area contributed by atoms with E-state index in [2.05, 4.69) is 302 Å². The van der Waals surface area contributed by atoms with Crippen molar-refractivity contribution in [3.05, 3.63) is 299 Å². The van der Waals surface area contributed by atoms with Gasteiger partial charge in [0.1, 0.15) is 4.90 Å². The molecule has 0 N–H and O–H groups in total. The summed E-state index contributed by atoms with van der Waals surface area (Å²) in [6, 6.07) is 75.9. The summed E-state index contributed by atoms with van der Waals surface area (Å²) in [6.07, 6.45) is 5.65. The van der Waals surface area contributed by atoms with Gasteiger partial charge in [-0.1, -0.05) is 218 Å². The quantitative estimate of drug-likeness (QED) is 0.0957. The van der Waals surface area contributed by atoms with Crippen molar-refractivity contribution in [2.45, 2.75) is 102 Å². The monoisotopic (exact) mass is 1220 g/mol. The summed E-state index contributed by atoms with van der Waals surface area (Å²) in [4.78, 5) is 7.00. The Labute approximate surface area is 525 Å². The minimum atomic E-state index is -4.41. The van der Waals surface area contributed by atoms with Crippen molar-refractivity contribution in [2.24, 2.45) is 0 Å². The first-order chi connectivity index (χ1) is 41.5. The lowest BCUT2D eigenvalue weighted by Gasteiger charge is -2.35. The fourth-order valence-corrected chi connectivity index (χ4v) is 14.1. The molecule has 7 heteroatoms. The molecule has 10 aromatic rings. The Balaban J connectivity index is 1.25. The lowest BCUT2D eigenvalue weighted by Crippen LogP contribution is -2.21. The number of sulfone groups is 1. The van der Waals surface area contributed by atoms with Gasteiger partial charge in [0, 0.05) is 49.7 Å². The molecule has 1 aliphatic rings. The standard InChI is InChI=1S/C80H76BrN3O2S/c1-14-22-56(15-2)58-31-29-54(4)73(49-58)84(74-50-59(32-30-55(74)5)57-23-17-16-18-24-57)66-26-21-25-65(51-66)83(67-43-46-70-69-27-19-20-28-71(69)80(12,13)72(70)52-67)76-48-53(3)47-75(77(76)87(85,86)68-44-37-62(81)38-45-68)82(63-39-33-60(34-40-63)78(6,7)8)64-41-35-61(36-42-64)79(9,10)11/h14-52H,1-2H2,3-13H3/b56-22+. The topological polar surface area (TPSA) is 43.9 Å². The Bertz CT molecular complexity index is 4360. The zero-order chi connectivity index (χ0) is 61.7. The fourth-order valence-electron chi connectivity index (χ4n) is 12.3. The molecule has 1 aliphatic carbocycles. The highest BCUT2D eigenvalue weighted by atomic mass is 79.9. The van der Waals surface area contributed by atoms with E-state index in [1.807, 2.05) is 36.4 Å². The smallest absolute Gasteiger partial charge is 0.210 e. The summed E-state index contributed by atoms with van der Waals surface area (Å²) in [6.45, 7) is 32.5. The molecule has 0 saturated heterocycles. The zero-order valence-corrected chi connectivity index (χ0v) is 54.3. The molecule has 0 aliphatic heterocycles. The van der Waals surface area contributed by atoms with Crippen LogP contribution in [0.15, 0.2) is 264 Å². The Hall–Kier alpha value is -8.75. The Kier molecular flexibility index (Phi) is 16.2. The van der Waals surface area contributed by atoms with Gasteiger partial charge in [0.15, 0.2) is 0 Å². The minimum absolute atomic E-state index is 0.122. The molecule has 0 bridgehead atoms. The lowest BCUT2D eigenvalue weighted by molar-refractivity contribution is 0.590. The van der Waals surface area contributed by atoms with Gasteiger partial charge >= 0.3 is 0 Å². The molecule has 0 spiro atoms. The molecule has 0 atom stereocenters. The summed E-state index contributed by atoms with van der Waals surface area (Å²) in [5.74, 6) is 0.